The first-order chi connectivity index (χ1) is 9.33. The number of hydrogen-bond acceptors (Lipinski definition) is 0. The Hall–Kier alpha value is 0.290. The summed E-state index contributed by atoms with van der Waals surface area (Å²) in [5.74, 6) is 4.93. The third-order valence-electron chi connectivity index (χ3n) is 5.88. The Morgan fingerprint density at radius 1 is 0.737 bits per heavy atom. The second-order valence-electron chi connectivity index (χ2n) is 7.21. The van der Waals surface area contributed by atoms with Crippen LogP contribution in [0.5, 0.6) is 0 Å². The zero-order chi connectivity index (χ0) is 13.5. The van der Waals surface area contributed by atoms with Crippen molar-refractivity contribution in [2.75, 3.05) is 5.88 Å². The molecule has 0 N–H and O–H groups in total. The molecular weight excluding hydrogens is 252 g/mol. The van der Waals surface area contributed by atoms with Gasteiger partial charge in [-0.2, -0.15) is 0 Å². The zero-order valence-corrected chi connectivity index (χ0v) is 13.6. The van der Waals surface area contributed by atoms with Crippen LogP contribution >= 0.6 is 11.6 Å². The molecule has 112 valence electrons. The fourth-order valence-corrected chi connectivity index (χ4v) is 4.75. The lowest BCUT2D eigenvalue weighted by atomic mass is 9.69. The van der Waals surface area contributed by atoms with Crippen molar-refractivity contribution in [2.24, 2.45) is 23.7 Å². The molecule has 19 heavy (non-hydrogen) atoms. The van der Waals surface area contributed by atoms with Crippen molar-refractivity contribution in [3.63, 3.8) is 0 Å². The van der Waals surface area contributed by atoms with E-state index in [1.54, 1.807) is 0 Å². The number of unbranched alkanes of at least 4 members (excludes halogenated alkanes) is 2. The van der Waals surface area contributed by atoms with Gasteiger partial charge in [-0.05, 0) is 62.2 Å². The monoisotopic (exact) mass is 284 g/mol. The molecule has 0 atom stereocenters. The second kappa shape index (κ2) is 8.55. The van der Waals surface area contributed by atoms with E-state index >= 15 is 0 Å². The smallest absolute Gasteiger partial charge is 0.0251 e. The maximum atomic E-state index is 5.99. The van der Waals surface area contributed by atoms with Crippen LogP contribution in [0.3, 0.4) is 0 Å². The van der Waals surface area contributed by atoms with Crippen molar-refractivity contribution in [2.45, 2.75) is 84.0 Å². The van der Waals surface area contributed by atoms with Crippen LogP contribution in [0.1, 0.15) is 84.0 Å². The SMILES string of the molecule is CCCCC[C@H]1CC[C@H](C2CCC(CCl)CC2)CC1. The lowest BCUT2D eigenvalue weighted by Gasteiger charge is -2.37. The second-order valence-corrected chi connectivity index (χ2v) is 7.52. The van der Waals surface area contributed by atoms with E-state index in [1.165, 1.54) is 77.0 Å². The predicted molar refractivity (Wildman–Crippen MR) is 85.8 cm³/mol. The maximum Gasteiger partial charge on any atom is 0.0251 e. The Balaban J connectivity index is 1.63. The summed E-state index contributed by atoms with van der Waals surface area (Å²) in [6.07, 6.45) is 17.7. The Kier molecular flexibility index (Phi) is 7.05. The molecule has 0 aromatic carbocycles. The molecule has 2 saturated carbocycles. The third-order valence-corrected chi connectivity index (χ3v) is 6.32. The molecule has 2 fully saturated rings. The zero-order valence-electron chi connectivity index (χ0n) is 12.9. The van der Waals surface area contributed by atoms with E-state index in [4.69, 9.17) is 11.6 Å². The fourth-order valence-electron chi connectivity index (χ4n) is 4.45. The highest BCUT2D eigenvalue weighted by Gasteiger charge is 2.30. The van der Waals surface area contributed by atoms with E-state index in [0.29, 0.717) is 0 Å². The molecule has 0 heterocycles. The Morgan fingerprint density at radius 3 is 1.74 bits per heavy atom. The number of rotatable bonds is 6. The van der Waals surface area contributed by atoms with Crippen LogP contribution in [0, 0.1) is 23.7 Å². The first kappa shape index (κ1) is 15.7. The van der Waals surface area contributed by atoms with Gasteiger partial charge in [0, 0.05) is 5.88 Å². The maximum absolute atomic E-state index is 5.99. The Bertz CT molecular complexity index is 222. The fraction of sp³-hybridized carbons (Fsp3) is 1.00. The minimum atomic E-state index is 0.836. The van der Waals surface area contributed by atoms with E-state index < -0.39 is 0 Å². The molecule has 0 aliphatic heterocycles. The van der Waals surface area contributed by atoms with Crippen LogP contribution in [0.15, 0.2) is 0 Å². The number of halogens is 1. The normalized spacial score (nSPS) is 36.3. The van der Waals surface area contributed by atoms with Gasteiger partial charge in [0.1, 0.15) is 0 Å². The largest absolute Gasteiger partial charge is 0.126 e. The highest BCUT2D eigenvalue weighted by molar-refractivity contribution is 6.18. The molecular formula is C18H33Cl. The lowest BCUT2D eigenvalue weighted by molar-refractivity contribution is 0.147. The quantitative estimate of drug-likeness (QED) is 0.390. The van der Waals surface area contributed by atoms with Crippen LogP contribution in [0.4, 0.5) is 0 Å². The third kappa shape index (κ3) is 4.96. The van der Waals surface area contributed by atoms with E-state index in [9.17, 15) is 0 Å². The van der Waals surface area contributed by atoms with Gasteiger partial charge in [-0.1, -0.05) is 45.4 Å². The van der Waals surface area contributed by atoms with E-state index in [0.717, 1.165) is 29.6 Å². The van der Waals surface area contributed by atoms with E-state index in [-0.39, 0.29) is 0 Å². The summed E-state index contributed by atoms with van der Waals surface area (Å²) < 4.78 is 0. The van der Waals surface area contributed by atoms with Crippen LogP contribution in [0.25, 0.3) is 0 Å². The summed E-state index contributed by atoms with van der Waals surface area (Å²) in [5, 5.41) is 0. The van der Waals surface area contributed by atoms with Crippen molar-refractivity contribution in [1.82, 2.24) is 0 Å². The summed E-state index contributed by atoms with van der Waals surface area (Å²) in [6.45, 7) is 2.31. The van der Waals surface area contributed by atoms with Crippen LogP contribution < -0.4 is 0 Å². The molecule has 2 rings (SSSR count). The van der Waals surface area contributed by atoms with Crippen LogP contribution in [-0.2, 0) is 0 Å². The first-order valence-electron chi connectivity index (χ1n) is 8.89. The highest BCUT2D eigenvalue weighted by atomic mass is 35.5. The van der Waals surface area contributed by atoms with Crippen LogP contribution in [-0.4, -0.2) is 5.88 Å². The van der Waals surface area contributed by atoms with Crippen LogP contribution in [0.2, 0.25) is 0 Å². The average Bonchev–Trinajstić information content (AvgIpc) is 2.48. The van der Waals surface area contributed by atoms with Crippen molar-refractivity contribution >= 4 is 11.6 Å². The minimum Gasteiger partial charge on any atom is -0.126 e. The Labute approximate surface area is 125 Å². The van der Waals surface area contributed by atoms with Crippen molar-refractivity contribution in [3.05, 3.63) is 0 Å². The summed E-state index contributed by atoms with van der Waals surface area (Å²) >= 11 is 5.99. The molecule has 0 nitrogen and oxygen atoms in total. The van der Waals surface area contributed by atoms with Gasteiger partial charge in [0.25, 0.3) is 0 Å². The van der Waals surface area contributed by atoms with Gasteiger partial charge in [0.2, 0.25) is 0 Å². The molecule has 0 unspecified atom stereocenters. The topological polar surface area (TPSA) is 0 Å². The summed E-state index contributed by atoms with van der Waals surface area (Å²) in [5.41, 5.74) is 0. The molecule has 0 radical (unpaired) electrons. The van der Waals surface area contributed by atoms with Crippen molar-refractivity contribution in [1.29, 1.82) is 0 Å². The molecule has 2 aliphatic carbocycles. The summed E-state index contributed by atoms with van der Waals surface area (Å²) in [4.78, 5) is 0. The standard InChI is InChI=1S/C18H33Cl/c1-2-3-4-5-15-6-10-17(11-7-15)18-12-8-16(14-19)9-13-18/h15-18H,2-14H2,1H3/t15-,16?,17-,18?. The molecule has 0 bridgehead atoms. The minimum absolute atomic E-state index is 0.836. The molecule has 0 amide bonds. The van der Waals surface area contributed by atoms with Gasteiger partial charge in [-0.3, -0.25) is 0 Å². The molecule has 0 aromatic heterocycles. The van der Waals surface area contributed by atoms with Gasteiger partial charge >= 0.3 is 0 Å². The Morgan fingerprint density at radius 2 is 1.26 bits per heavy atom. The van der Waals surface area contributed by atoms with Crippen molar-refractivity contribution < 1.29 is 0 Å². The van der Waals surface area contributed by atoms with Gasteiger partial charge in [0.15, 0.2) is 0 Å². The number of alkyl halides is 1. The van der Waals surface area contributed by atoms with E-state index in [1.807, 2.05) is 0 Å². The average molecular weight is 285 g/mol. The summed E-state index contributed by atoms with van der Waals surface area (Å²) in [6, 6.07) is 0. The van der Waals surface area contributed by atoms with Gasteiger partial charge < -0.3 is 0 Å². The van der Waals surface area contributed by atoms with Gasteiger partial charge in [-0.25, -0.2) is 0 Å². The molecule has 1 heteroatoms. The molecule has 2 aliphatic rings. The van der Waals surface area contributed by atoms with Crippen molar-refractivity contribution in [3.8, 4) is 0 Å². The highest BCUT2D eigenvalue weighted by Crippen LogP contribution is 2.42. The van der Waals surface area contributed by atoms with E-state index in [2.05, 4.69) is 6.92 Å². The van der Waals surface area contributed by atoms with Gasteiger partial charge in [-0.15, -0.1) is 11.6 Å². The predicted octanol–water partition coefficient (Wildman–Crippen LogP) is 6.42. The summed E-state index contributed by atoms with van der Waals surface area (Å²) in [7, 11) is 0. The first-order valence-corrected chi connectivity index (χ1v) is 9.42. The van der Waals surface area contributed by atoms with Gasteiger partial charge in [0.05, 0.1) is 0 Å². The molecule has 0 aromatic rings. The lowest BCUT2D eigenvalue weighted by Crippen LogP contribution is -2.26. The molecule has 0 saturated heterocycles. The molecule has 0 spiro atoms. The number of hydrogen-bond donors (Lipinski definition) is 0.